The second kappa shape index (κ2) is 8.66. The number of nitrogens with zero attached hydrogens (tertiary/aromatic N) is 2. The molecule has 0 saturated heterocycles. The number of pyridine rings is 1. The van der Waals surface area contributed by atoms with Crippen molar-refractivity contribution in [1.29, 1.82) is 0 Å². The fourth-order valence-electron chi connectivity index (χ4n) is 3.03. The minimum atomic E-state index is -0.602. The molecular formula is C23H20N4O4. The Morgan fingerprint density at radius 3 is 2.58 bits per heavy atom. The predicted molar refractivity (Wildman–Crippen MR) is 116 cm³/mol. The summed E-state index contributed by atoms with van der Waals surface area (Å²) in [6.07, 6.45) is 0. The van der Waals surface area contributed by atoms with Crippen molar-refractivity contribution in [3.8, 4) is 17.1 Å². The summed E-state index contributed by atoms with van der Waals surface area (Å²) in [6.45, 7) is 1.41. The normalized spacial score (nSPS) is 10.6. The van der Waals surface area contributed by atoms with Crippen molar-refractivity contribution in [3.63, 3.8) is 0 Å². The van der Waals surface area contributed by atoms with E-state index in [0.29, 0.717) is 28.2 Å². The summed E-state index contributed by atoms with van der Waals surface area (Å²) in [5, 5.41) is 2.60. The minimum absolute atomic E-state index is 0.318. The second-order valence-corrected chi connectivity index (χ2v) is 6.83. The average Bonchev–Trinajstić information content (AvgIpc) is 3.21. The first-order chi connectivity index (χ1) is 15.0. The Hall–Kier alpha value is -4.20. The minimum Gasteiger partial charge on any atom is -0.497 e. The molecule has 8 nitrogen and oxygen atoms in total. The fraction of sp³-hybridized carbons (Fsp3) is 0.130. The van der Waals surface area contributed by atoms with Gasteiger partial charge in [-0.25, -0.2) is 14.8 Å². The molecule has 0 spiro atoms. The van der Waals surface area contributed by atoms with Crippen LogP contribution in [0.2, 0.25) is 0 Å². The van der Waals surface area contributed by atoms with Gasteiger partial charge in [-0.3, -0.25) is 4.79 Å². The number of aromatic nitrogens is 3. The van der Waals surface area contributed by atoms with Crippen LogP contribution >= 0.6 is 0 Å². The molecule has 8 heteroatoms. The molecule has 4 aromatic rings. The fourth-order valence-corrected chi connectivity index (χ4v) is 3.03. The Balaban J connectivity index is 1.42. The summed E-state index contributed by atoms with van der Waals surface area (Å²) in [7, 11) is 1.61. The zero-order valence-electron chi connectivity index (χ0n) is 17.0. The monoisotopic (exact) mass is 416 g/mol. The first-order valence-corrected chi connectivity index (χ1v) is 9.56. The molecular weight excluding hydrogens is 396 g/mol. The number of amides is 1. The van der Waals surface area contributed by atoms with Gasteiger partial charge < -0.3 is 19.8 Å². The molecule has 0 aliphatic heterocycles. The number of aromatic amines is 1. The highest BCUT2D eigenvalue weighted by Crippen LogP contribution is 2.23. The van der Waals surface area contributed by atoms with E-state index in [4.69, 9.17) is 9.47 Å². The third-order valence-electron chi connectivity index (χ3n) is 4.57. The number of H-pyrrole nitrogens is 1. The van der Waals surface area contributed by atoms with Crippen molar-refractivity contribution in [1.82, 2.24) is 15.0 Å². The largest absolute Gasteiger partial charge is 0.497 e. The van der Waals surface area contributed by atoms with Gasteiger partial charge in [0.05, 0.1) is 23.7 Å². The van der Waals surface area contributed by atoms with Crippen molar-refractivity contribution >= 4 is 28.7 Å². The lowest BCUT2D eigenvalue weighted by atomic mass is 10.2. The number of aryl methyl sites for hydroxylation is 1. The summed E-state index contributed by atoms with van der Waals surface area (Å²) in [6, 6.07) is 17.8. The summed E-state index contributed by atoms with van der Waals surface area (Å²) >= 11 is 0. The van der Waals surface area contributed by atoms with Crippen LogP contribution in [0.15, 0.2) is 60.7 Å². The van der Waals surface area contributed by atoms with Crippen LogP contribution in [0, 0.1) is 6.92 Å². The molecule has 1 amide bonds. The Morgan fingerprint density at radius 1 is 1.03 bits per heavy atom. The number of esters is 1. The molecule has 0 aliphatic carbocycles. The highest BCUT2D eigenvalue weighted by atomic mass is 16.5. The smallest absolute Gasteiger partial charge is 0.338 e. The lowest BCUT2D eigenvalue weighted by Crippen LogP contribution is -2.21. The standard InChI is InChI=1S/C23H20N4O4/c1-14-4-3-5-20(24-14)27-21(28)13-31-23(29)16-8-11-18-19(12-16)26-22(25-18)15-6-9-17(30-2)10-7-15/h3-12H,13H2,1-2H3,(H,25,26)(H,24,27,28). The highest BCUT2D eigenvalue weighted by molar-refractivity contribution is 5.97. The van der Waals surface area contributed by atoms with E-state index in [1.807, 2.05) is 37.3 Å². The number of benzene rings is 2. The van der Waals surface area contributed by atoms with E-state index in [0.717, 1.165) is 17.0 Å². The summed E-state index contributed by atoms with van der Waals surface area (Å²) in [5.74, 6) is 0.775. The van der Waals surface area contributed by atoms with Crippen LogP contribution in [-0.2, 0) is 9.53 Å². The maximum absolute atomic E-state index is 12.4. The molecule has 0 radical (unpaired) electrons. The van der Waals surface area contributed by atoms with Crippen molar-refractivity contribution in [2.24, 2.45) is 0 Å². The Bertz CT molecular complexity index is 1250. The number of methoxy groups -OCH3 is 1. The zero-order valence-corrected chi connectivity index (χ0v) is 17.0. The molecule has 2 heterocycles. The van der Waals surface area contributed by atoms with Crippen LogP contribution in [0.1, 0.15) is 16.1 Å². The molecule has 2 aromatic heterocycles. The molecule has 156 valence electrons. The van der Waals surface area contributed by atoms with Gasteiger partial charge in [0, 0.05) is 11.3 Å². The summed E-state index contributed by atoms with van der Waals surface area (Å²) in [4.78, 5) is 36.3. The topological polar surface area (TPSA) is 106 Å². The van der Waals surface area contributed by atoms with Gasteiger partial charge in [0.1, 0.15) is 17.4 Å². The van der Waals surface area contributed by atoms with Crippen molar-refractivity contribution < 1.29 is 19.1 Å². The SMILES string of the molecule is COc1ccc(-c2nc3ccc(C(=O)OCC(=O)Nc4cccc(C)n4)cc3[nH]2)cc1. The van der Waals surface area contributed by atoms with Crippen LogP contribution in [0.4, 0.5) is 5.82 Å². The van der Waals surface area contributed by atoms with Crippen molar-refractivity contribution in [2.75, 3.05) is 19.0 Å². The number of anilines is 1. The molecule has 0 aliphatic rings. The number of carbonyl (C=O) groups excluding carboxylic acids is 2. The third-order valence-corrected chi connectivity index (χ3v) is 4.57. The third kappa shape index (κ3) is 4.69. The van der Waals surface area contributed by atoms with E-state index < -0.39 is 18.5 Å². The van der Waals surface area contributed by atoms with Gasteiger partial charge in [-0.05, 0) is 61.5 Å². The molecule has 0 bridgehead atoms. The molecule has 0 atom stereocenters. The van der Waals surface area contributed by atoms with E-state index in [2.05, 4.69) is 20.3 Å². The number of rotatable bonds is 6. The van der Waals surface area contributed by atoms with Gasteiger partial charge in [0.2, 0.25) is 0 Å². The average molecular weight is 416 g/mol. The summed E-state index contributed by atoms with van der Waals surface area (Å²) < 4.78 is 10.3. The van der Waals surface area contributed by atoms with E-state index in [1.165, 1.54) is 0 Å². The van der Waals surface area contributed by atoms with Crippen LogP contribution in [0.25, 0.3) is 22.4 Å². The maximum Gasteiger partial charge on any atom is 0.338 e. The Labute approximate surface area is 178 Å². The quantitative estimate of drug-likeness (QED) is 0.464. The first kappa shape index (κ1) is 20.1. The molecule has 31 heavy (non-hydrogen) atoms. The van der Waals surface area contributed by atoms with Gasteiger partial charge >= 0.3 is 5.97 Å². The van der Waals surface area contributed by atoms with E-state index >= 15 is 0 Å². The number of ether oxygens (including phenoxy) is 2. The van der Waals surface area contributed by atoms with Gasteiger partial charge in [-0.2, -0.15) is 0 Å². The molecule has 2 N–H and O–H groups in total. The highest BCUT2D eigenvalue weighted by Gasteiger charge is 2.13. The number of nitrogens with one attached hydrogen (secondary N) is 2. The first-order valence-electron chi connectivity index (χ1n) is 9.56. The van der Waals surface area contributed by atoms with Crippen LogP contribution in [-0.4, -0.2) is 40.5 Å². The maximum atomic E-state index is 12.4. The second-order valence-electron chi connectivity index (χ2n) is 6.83. The van der Waals surface area contributed by atoms with E-state index in [-0.39, 0.29) is 0 Å². The Kier molecular flexibility index (Phi) is 5.61. The van der Waals surface area contributed by atoms with Gasteiger partial charge in [0.15, 0.2) is 6.61 Å². The molecule has 2 aromatic carbocycles. The van der Waals surface area contributed by atoms with E-state index in [9.17, 15) is 9.59 Å². The molecule has 0 unspecified atom stereocenters. The van der Waals surface area contributed by atoms with Crippen LogP contribution in [0.5, 0.6) is 5.75 Å². The molecule has 0 saturated carbocycles. The van der Waals surface area contributed by atoms with Gasteiger partial charge in [-0.1, -0.05) is 6.07 Å². The number of carbonyl (C=O) groups is 2. The summed E-state index contributed by atoms with van der Waals surface area (Å²) in [5.41, 5.74) is 3.39. The lowest BCUT2D eigenvalue weighted by molar-refractivity contribution is -0.119. The van der Waals surface area contributed by atoms with Gasteiger partial charge in [-0.15, -0.1) is 0 Å². The van der Waals surface area contributed by atoms with E-state index in [1.54, 1.807) is 37.4 Å². The van der Waals surface area contributed by atoms with Crippen molar-refractivity contribution in [2.45, 2.75) is 6.92 Å². The number of imidazole rings is 1. The number of hydrogen-bond acceptors (Lipinski definition) is 6. The van der Waals surface area contributed by atoms with Crippen molar-refractivity contribution in [3.05, 3.63) is 71.9 Å². The predicted octanol–water partition coefficient (Wildman–Crippen LogP) is 3.74. The molecule has 0 fully saturated rings. The van der Waals surface area contributed by atoms with Crippen LogP contribution < -0.4 is 10.1 Å². The Morgan fingerprint density at radius 2 is 1.84 bits per heavy atom. The van der Waals surface area contributed by atoms with Gasteiger partial charge in [0.25, 0.3) is 5.91 Å². The lowest BCUT2D eigenvalue weighted by Gasteiger charge is -2.06. The number of fused-ring (bicyclic) bond motifs is 1. The van der Waals surface area contributed by atoms with Crippen LogP contribution in [0.3, 0.4) is 0 Å². The molecule has 4 rings (SSSR count). The number of hydrogen-bond donors (Lipinski definition) is 2. The zero-order chi connectivity index (χ0) is 21.8.